The molecule has 0 bridgehead atoms. The molecule has 1 heterocycles. The first-order valence-electron chi connectivity index (χ1n) is 2.67. The van der Waals surface area contributed by atoms with Gasteiger partial charge in [0.1, 0.15) is 0 Å². The van der Waals surface area contributed by atoms with Crippen molar-refractivity contribution in [2.45, 2.75) is 0 Å². The summed E-state index contributed by atoms with van der Waals surface area (Å²) in [5.74, 6) is 0. The Bertz CT molecular complexity index is 172. The number of nitrogen functional groups attached to an aromatic ring is 1. The van der Waals surface area contributed by atoms with Crippen LogP contribution in [0.15, 0.2) is 24.5 Å². The molecule has 0 unspecified atom stereocenters. The fourth-order valence-corrected chi connectivity index (χ4v) is 0.363. The highest BCUT2D eigenvalue weighted by Crippen LogP contribution is 1.92. The van der Waals surface area contributed by atoms with Crippen LogP contribution < -0.4 is 11.5 Å². The number of nitrogens with two attached hydrogens (primary N) is 2. The van der Waals surface area contributed by atoms with Crippen LogP contribution in [0.2, 0.25) is 0 Å². The van der Waals surface area contributed by atoms with Gasteiger partial charge in [0, 0.05) is 18.1 Å². The number of rotatable bonds is 0. The van der Waals surface area contributed by atoms with E-state index in [-0.39, 0.29) is 0 Å². The Labute approximate surface area is 59.4 Å². The van der Waals surface area contributed by atoms with E-state index in [1.807, 2.05) is 0 Å². The van der Waals surface area contributed by atoms with E-state index in [0.29, 0.717) is 0 Å². The van der Waals surface area contributed by atoms with Crippen molar-refractivity contribution < 1.29 is 0 Å². The molecule has 0 spiro atoms. The minimum atomic E-state index is 0.750. The van der Waals surface area contributed by atoms with Gasteiger partial charge in [-0.05, 0) is 12.1 Å². The lowest BCUT2D eigenvalue weighted by atomic mass is 10.4. The van der Waals surface area contributed by atoms with Crippen LogP contribution in [-0.2, 0) is 0 Å². The highest BCUT2D eigenvalue weighted by atomic mass is 14.6. The van der Waals surface area contributed by atoms with Crippen LogP contribution in [0.1, 0.15) is 0 Å². The first kappa shape index (κ1) is 8.42. The van der Waals surface area contributed by atoms with Crippen molar-refractivity contribution >= 4 is 12.0 Å². The number of anilines is 1. The van der Waals surface area contributed by atoms with E-state index in [4.69, 9.17) is 11.1 Å². The molecule has 0 amide bonds. The largest absolute Gasteiger partial charge is 0.399 e. The van der Waals surface area contributed by atoms with Crippen molar-refractivity contribution in [2.24, 2.45) is 5.73 Å². The van der Waals surface area contributed by atoms with Gasteiger partial charge in [-0.25, -0.2) is 0 Å². The number of aromatic nitrogens is 1. The van der Waals surface area contributed by atoms with Gasteiger partial charge in [0.25, 0.3) is 0 Å². The number of hydrogen-bond acceptors (Lipinski definition) is 3. The fraction of sp³-hybridized carbons (Fsp3) is 0. The lowest BCUT2D eigenvalue weighted by Gasteiger charge is -1.83. The zero-order valence-corrected chi connectivity index (χ0v) is 5.49. The Balaban J connectivity index is 0.000000236. The van der Waals surface area contributed by atoms with Crippen molar-refractivity contribution in [1.82, 2.24) is 4.98 Å². The van der Waals surface area contributed by atoms with E-state index in [2.05, 4.69) is 10.7 Å². The normalized spacial score (nSPS) is 7.20. The molecular formula is C6H10N4. The smallest absolute Gasteiger partial charge is 0.0765 e. The summed E-state index contributed by atoms with van der Waals surface area (Å²) >= 11 is 0. The number of pyridine rings is 1. The highest BCUT2D eigenvalue weighted by molar-refractivity contribution is 5.46. The maximum Gasteiger partial charge on any atom is 0.0765 e. The van der Waals surface area contributed by atoms with Crippen molar-refractivity contribution in [3.05, 3.63) is 24.5 Å². The Morgan fingerprint density at radius 2 is 1.80 bits per heavy atom. The average Bonchev–Trinajstić information content (AvgIpc) is 1.91. The number of hydrogen-bond donors (Lipinski definition) is 3. The van der Waals surface area contributed by atoms with E-state index in [0.717, 1.165) is 12.0 Å². The first-order chi connectivity index (χ1) is 4.81. The minimum absolute atomic E-state index is 0.750. The molecule has 4 heteroatoms. The lowest BCUT2D eigenvalue weighted by Crippen LogP contribution is -1.81. The highest BCUT2D eigenvalue weighted by Gasteiger charge is 1.73. The second-order valence-corrected chi connectivity index (χ2v) is 1.45. The van der Waals surface area contributed by atoms with Gasteiger partial charge in [-0.15, -0.1) is 0 Å². The van der Waals surface area contributed by atoms with Gasteiger partial charge in [-0.3, -0.25) is 10.4 Å². The standard InChI is InChI=1S/C5H6N2.CH4N2/c6-5-1-3-7-4-2-5;2-1-3/h1-4H,(H2,6,7);1H,(H3,2,3). The Morgan fingerprint density at radius 1 is 1.40 bits per heavy atom. The zero-order valence-electron chi connectivity index (χ0n) is 5.49. The molecule has 0 radical (unpaired) electrons. The van der Waals surface area contributed by atoms with E-state index in [9.17, 15) is 0 Å². The molecule has 0 aliphatic heterocycles. The molecule has 0 aliphatic rings. The van der Waals surface area contributed by atoms with Crippen LogP contribution in [0, 0.1) is 5.41 Å². The van der Waals surface area contributed by atoms with Gasteiger partial charge in [-0.2, -0.15) is 0 Å². The second-order valence-electron chi connectivity index (χ2n) is 1.45. The molecule has 5 N–H and O–H groups in total. The predicted octanol–water partition coefficient (Wildman–Crippen LogP) is 0.216. The third kappa shape index (κ3) is 4.58. The molecule has 10 heavy (non-hydrogen) atoms. The second kappa shape index (κ2) is 5.55. The van der Waals surface area contributed by atoms with Crippen LogP contribution in [0.5, 0.6) is 0 Å². The molecule has 0 aromatic carbocycles. The van der Waals surface area contributed by atoms with Gasteiger partial charge in [-0.1, -0.05) is 0 Å². The Morgan fingerprint density at radius 3 is 2.00 bits per heavy atom. The van der Waals surface area contributed by atoms with Gasteiger partial charge in [0.2, 0.25) is 0 Å². The summed E-state index contributed by atoms with van der Waals surface area (Å²) in [5.41, 5.74) is 10.5. The van der Waals surface area contributed by atoms with Crippen LogP contribution in [0.4, 0.5) is 5.69 Å². The van der Waals surface area contributed by atoms with Crippen LogP contribution in [-0.4, -0.2) is 11.3 Å². The maximum absolute atomic E-state index is 5.86. The maximum atomic E-state index is 5.86. The molecule has 4 nitrogen and oxygen atoms in total. The lowest BCUT2D eigenvalue weighted by molar-refractivity contribution is 1.33. The van der Waals surface area contributed by atoms with Gasteiger partial charge < -0.3 is 11.5 Å². The number of nitrogens with one attached hydrogen (secondary N) is 1. The summed E-state index contributed by atoms with van der Waals surface area (Å²) in [4.78, 5) is 3.77. The molecule has 1 rings (SSSR count). The quantitative estimate of drug-likeness (QED) is 0.354. The molecule has 0 aliphatic carbocycles. The Kier molecular flexibility index (Phi) is 4.68. The van der Waals surface area contributed by atoms with E-state index in [1.165, 1.54) is 0 Å². The van der Waals surface area contributed by atoms with Crippen LogP contribution in [0.3, 0.4) is 0 Å². The summed E-state index contributed by atoms with van der Waals surface area (Å²) in [6.07, 6.45) is 4.07. The van der Waals surface area contributed by atoms with Crippen molar-refractivity contribution in [3.8, 4) is 0 Å². The van der Waals surface area contributed by atoms with Gasteiger partial charge in [0.05, 0.1) is 6.34 Å². The summed E-state index contributed by atoms with van der Waals surface area (Å²) in [6, 6.07) is 3.50. The van der Waals surface area contributed by atoms with Gasteiger partial charge in [0.15, 0.2) is 0 Å². The van der Waals surface area contributed by atoms with Gasteiger partial charge >= 0.3 is 0 Å². The van der Waals surface area contributed by atoms with Crippen molar-refractivity contribution in [2.75, 3.05) is 5.73 Å². The summed E-state index contributed by atoms with van der Waals surface area (Å²) in [5, 5.41) is 5.86. The van der Waals surface area contributed by atoms with Crippen molar-refractivity contribution in [1.29, 1.82) is 5.41 Å². The zero-order chi connectivity index (χ0) is 7.82. The molecule has 1 aromatic rings. The van der Waals surface area contributed by atoms with E-state index < -0.39 is 0 Å². The number of nitrogens with zero attached hydrogens (tertiary/aromatic N) is 1. The molecule has 0 fully saturated rings. The topological polar surface area (TPSA) is 88.8 Å². The van der Waals surface area contributed by atoms with Crippen LogP contribution >= 0.6 is 0 Å². The third-order valence-corrected chi connectivity index (χ3v) is 0.706. The van der Waals surface area contributed by atoms with Crippen molar-refractivity contribution in [3.63, 3.8) is 0 Å². The summed E-state index contributed by atoms with van der Waals surface area (Å²) < 4.78 is 0. The van der Waals surface area contributed by atoms with E-state index in [1.54, 1.807) is 24.5 Å². The Hall–Kier alpha value is -1.58. The van der Waals surface area contributed by atoms with Crippen LogP contribution in [0.25, 0.3) is 0 Å². The molecule has 0 atom stereocenters. The molecule has 0 saturated carbocycles. The minimum Gasteiger partial charge on any atom is -0.399 e. The summed E-state index contributed by atoms with van der Waals surface area (Å²) in [6.45, 7) is 0. The molecule has 1 aromatic heterocycles. The monoisotopic (exact) mass is 138 g/mol. The molecule has 54 valence electrons. The summed E-state index contributed by atoms with van der Waals surface area (Å²) in [7, 11) is 0. The first-order valence-corrected chi connectivity index (χ1v) is 2.67. The molecule has 0 saturated heterocycles. The predicted molar refractivity (Wildman–Crippen MR) is 41.6 cm³/mol. The molecular weight excluding hydrogens is 128 g/mol. The van der Waals surface area contributed by atoms with E-state index >= 15 is 0 Å². The SMILES string of the molecule is N=CN.Nc1ccncc1. The fourth-order valence-electron chi connectivity index (χ4n) is 0.363. The third-order valence-electron chi connectivity index (χ3n) is 0.706. The average molecular weight is 138 g/mol.